The van der Waals surface area contributed by atoms with Crippen molar-refractivity contribution in [1.29, 1.82) is 0 Å². The van der Waals surface area contributed by atoms with E-state index in [0.717, 1.165) is 24.7 Å². The Morgan fingerprint density at radius 2 is 1.78 bits per heavy atom. The van der Waals surface area contributed by atoms with Gasteiger partial charge < -0.3 is 10.2 Å². The molecular weight excluding hydrogens is 267 g/mol. The first kappa shape index (κ1) is 14.0. The van der Waals surface area contributed by atoms with Crippen LogP contribution in [0, 0.1) is 5.92 Å². The number of hydrogen-bond acceptors (Lipinski definition) is 2. The van der Waals surface area contributed by atoms with Crippen molar-refractivity contribution in [3.8, 4) is 0 Å². The minimum Gasteiger partial charge on any atom is -0.384 e. The minimum atomic E-state index is 0.678. The predicted molar refractivity (Wildman–Crippen MR) is 79.8 cm³/mol. The molecule has 2 nitrogen and oxygen atoms in total. The van der Waals surface area contributed by atoms with Gasteiger partial charge in [0.25, 0.3) is 0 Å². The molecule has 1 fully saturated rings. The summed E-state index contributed by atoms with van der Waals surface area (Å²) >= 11 is 11.9. The molecule has 2 rings (SSSR count). The van der Waals surface area contributed by atoms with Crippen LogP contribution in [0.15, 0.2) is 18.2 Å². The molecule has 0 spiro atoms. The van der Waals surface area contributed by atoms with Crippen molar-refractivity contribution in [3.63, 3.8) is 0 Å². The molecule has 1 aromatic carbocycles. The molecule has 0 radical (unpaired) electrons. The van der Waals surface area contributed by atoms with E-state index in [9.17, 15) is 0 Å². The second kappa shape index (κ2) is 6.65. The molecule has 0 atom stereocenters. The molecule has 0 unspecified atom stereocenters. The topological polar surface area (TPSA) is 15.3 Å². The van der Waals surface area contributed by atoms with Crippen molar-refractivity contribution in [2.75, 3.05) is 31.5 Å². The molecule has 1 heterocycles. The van der Waals surface area contributed by atoms with E-state index in [1.807, 2.05) is 12.1 Å². The Morgan fingerprint density at radius 1 is 1.17 bits per heavy atom. The number of nitrogens with one attached hydrogen (secondary N) is 1. The maximum Gasteiger partial charge on any atom is 0.0441 e. The van der Waals surface area contributed by atoms with Crippen LogP contribution in [0.3, 0.4) is 0 Å². The first-order chi connectivity index (χ1) is 8.63. The van der Waals surface area contributed by atoms with Crippen molar-refractivity contribution in [3.05, 3.63) is 28.2 Å². The van der Waals surface area contributed by atoms with Gasteiger partial charge in [0, 0.05) is 28.8 Å². The lowest BCUT2D eigenvalue weighted by Crippen LogP contribution is -2.36. The van der Waals surface area contributed by atoms with Gasteiger partial charge in [0.05, 0.1) is 0 Å². The highest BCUT2D eigenvalue weighted by atomic mass is 35.5. The number of halogens is 2. The summed E-state index contributed by atoms with van der Waals surface area (Å²) in [6.45, 7) is 6.80. The second-order valence-electron chi connectivity index (χ2n) is 5.11. The summed E-state index contributed by atoms with van der Waals surface area (Å²) in [7, 11) is 0. The number of likely N-dealkylation sites (tertiary alicyclic amines) is 1. The fourth-order valence-corrected chi connectivity index (χ4v) is 2.83. The van der Waals surface area contributed by atoms with Crippen molar-refractivity contribution in [1.82, 2.24) is 4.90 Å². The Bertz CT molecular complexity index is 367. The Kier molecular flexibility index (Phi) is 5.16. The first-order valence-electron chi connectivity index (χ1n) is 6.56. The normalized spacial score (nSPS) is 17.9. The molecular formula is C14H20Cl2N2. The van der Waals surface area contributed by atoms with Gasteiger partial charge in [0.1, 0.15) is 0 Å². The van der Waals surface area contributed by atoms with Gasteiger partial charge in [-0.25, -0.2) is 0 Å². The van der Waals surface area contributed by atoms with Gasteiger partial charge in [-0.05, 0) is 50.0 Å². The SMILES string of the molecule is CC1CCN(CCNc2cc(Cl)cc(Cl)c2)CC1. The van der Waals surface area contributed by atoms with E-state index < -0.39 is 0 Å². The largest absolute Gasteiger partial charge is 0.384 e. The van der Waals surface area contributed by atoms with Gasteiger partial charge in [0.2, 0.25) is 0 Å². The summed E-state index contributed by atoms with van der Waals surface area (Å²) in [6, 6.07) is 5.57. The molecule has 4 heteroatoms. The van der Waals surface area contributed by atoms with Gasteiger partial charge in [-0.1, -0.05) is 30.1 Å². The quantitative estimate of drug-likeness (QED) is 0.895. The van der Waals surface area contributed by atoms with Crippen molar-refractivity contribution >= 4 is 28.9 Å². The summed E-state index contributed by atoms with van der Waals surface area (Å²) in [4.78, 5) is 2.51. The minimum absolute atomic E-state index is 0.678. The number of piperidine rings is 1. The molecule has 0 bridgehead atoms. The molecule has 0 saturated carbocycles. The second-order valence-corrected chi connectivity index (χ2v) is 5.98. The molecule has 1 aliphatic heterocycles. The average molecular weight is 287 g/mol. The average Bonchev–Trinajstić information content (AvgIpc) is 2.30. The summed E-state index contributed by atoms with van der Waals surface area (Å²) in [5.41, 5.74) is 0.998. The maximum absolute atomic E-state index is 5.96. The van der Waals surface area contributed by atoms with E-state index in [2.05, 4.69) is 17.1 Å². The predicted octanol–water partition coefficient (Wildman–Crippen LogP) is 4.14. The number of anilines is 1. The van der Waals surface area contributed by atoms with Crippen LogP contribution in [-0.2, 0) is 0 Å². The van der Waals surface area contributed by atoms with E-state index >= 15 is 0 Å². The molecule has 0 amide bonds. The maximum atomic E-state index is 5.96. The lowest BCUT2D eigenvalue weighted by atomic mass is 9.99. The van der Waals surface area contributed by atoms with E-state index in [1.54, 1.807) is 6.07 Å². The first-order valence-corrected chi connectivity index (χ1v) is 7.31. The van der Waals surface area contributed by atoms with Crippen molar-refractivity contribution in [2.24, 2.45) is 5.92 Å². The fraction of sp³-hybridized carbons (Fsp3) is 0.571. The van der Waals surface area contributed by atoms with Crippen LogP contribution in [0.4, 0.5) is 5.69 Å². The third kappa shape index (κ3) is 4.34. The van der Waals surface area contributed by atoms with E-state index in [0.29, 0.717) is 10.0 Å². The highest BCUT2D eigenvalue weighted by molar-refractivity contribution is 6.35. The zero-order chi connectivity index (χ0) is 13.0. The summed E-state index contributed by atoms with van der Waals surface area (Å²) in [5, 5.41) is 4.73. The van der Waals surface area contributed by atoms with E-state index in [1.165, 1.54) is 25.9 Å². The van der Waals surface area contributed by atoms with E-state index in [4.69, 9.17) is 23.2 Å². The molecule has 1 N–H and O–H groups in total. The fourth-order valence-electron chi connectivity index (χ4n) is 2.30. The highest BCUT2D eigenvalue weighted by Gasteiger charge is 2.14. The molecule has 100 valence electrons. The smallest absolute Gasteiger partial charge is 0.0441 e. The lowest BCUT2D eigenvalue weighted by molar-refractivity contribution is 0.199. The highest BCUT2D eigenvalue weighted by Crippen LogP contribution is 2.22. The van der Waals surface area contributed by atoms with Crippen LogP contribution in [0.25, 0.3) is 0 Å². The zero-order valence-corrected chi connectivity index (χ0v) is 12.3. The van der Waals surface area contributed by atoms with Gasteiger partial charge >= 0.3 is 0 Å². The monoisotopic (exact) mass is 286 g/mol. The van der Waals surface area contributed by atoms with Crippen molar-refractivity contribution in [2.45, 2.75) is 19.8 Å². The molecule has 0 aromatic heterocycles. The zero-order valence-electron chi connectivity index (χ0n) is 10.8. The van der Waals surface area contributed by atoms with Crippen LogP contribution in [0.5, 0.6) is 0 Å². The number of hydrogen-bond donors (Lipinski definition) is 1. The number of benzene rings is 1. The Morgan fingerprint density at radius 3 is 2.39 bits per heavy atom. The number of rotatable bonds is 4. The van der Waals surface area contributed by atoms with Gasteiger partial charge in [0.15, 0.2) is 0 Å². The van der Waals surface area contributed by atoms with Crippen LogP contribution in [0.2, 0.25) is 10.0 Å². The number of nitrogens with zero attached hydrogens (tertiary/aromatic N) is 1. The van der Waals surface area contributed by atoms with Crippen LogP contribution in [-0.4, -0.2) is 31.1 Å². The lowest BCUT2D eigenvalue weighted by Gasteiger charge is -2.30. The van der Waals surface area contributed by atoms with Gasteiger partial charge in [-0.15, -0.1) is 0 Å². The molecule has 1 saturated heterocycles. The third-order valence-corrected chi connectivity index (χ3v) is 3.93. The Labute approximate surface area is 119 Å². The van der Waals surface area contributed by atoms with Crippen LogP contribution >= 0.6 is 23.2 Å². The third-order valence-electron chi connectivity index (χ3n) is 3.50. The van der Waals surface area contributed by atoms with E-state index in [-0.39, 0.29) is 0 Å². The van der Waals surface area contributed by atoms with Crippen LogP contribution < -0.4 is 5.32 Å². The molecule has 18 heavy (non-hydrogen) atoms. The van der Waals surface area contributed by atoms with Gasteiger partial charge in [-0.2, -0.15) is 0 Å². The Hall–Kier alpha value is -0.440. The standard InChI is InChI=1S/C14H20Cl2N2/c1-11-2-5-18(6-3-11)7-4-17-14-9-12(15)8-13(16)10-14/h8-11,17H,2-7H2,1H3. The molecule has 1 aromatic rings. The molecule has 1 aliphatic rings. The summed E-state index contributed by atoms with van der Waals surface area (Å²) < 4.78 is 0. The van der Waals surface area contributed by atoms with Crippen LogP contribution in [0.1, 0.15) is 19.8 Å². The summed E-state index contributed by atoms with van der Waals surface area (Å²) in [6.07, 6.45) is 2.64. The molecule has 0 aliphatic carbocycles. The Balaban J connectivity index is 1.74. The van der Waals surface area contributed by atoms with Crippen molar-refractivity contribution < 1.29 is 0 Å². The van der Waals surface area contributed by atoms with Gasteiger partial charge in [-0.3, -0.25) is 0 Å². The summed E-state index contributed by atoms with van der Waals surface area (Å²) in [5.74, 6) is 0.890.